The molecule has 2 atom stereocenters. The second kappa shape index (κ2) is 5.81. The highest BCUT2D eigenvalue weighted by Gasteiger charge is 2.37. The summed E-state index contributed by atoms with van der Waals surface area (Å²) in [6.07, 6.45) is 5.68. The van der Waals surface area contributed by atoms with Gasteiger partial charge in [0.25, 0.3) is 5.91 Å². The van der Waals surface area contributed by atoms with Gasteiger partial charge in [-0.15, -0.1) is 0 Å². The molecular weight excluding hydrogens is 272 g/mol. The molecule has 6 nitrogen and oxygen atoms in total. The lowest BCUT2D eigenvalue weighted by atomic mass is 9.89. The Morgan fingerprint density at radius 2 is 2.14 bits per heavy atom. The quantitative estimate of drug-likeness (QED) is 0.894. The normalized spacial score (nSPS) is 25.2. The van der Waals surface area contributed by atoms with Crippen LogP contribution in [0, 0.1) is 0 Å². The predicted octanol–water partition coefficient (Wildman–Crippen LogP) is 1.56. The molecule has 0 spiro atoms. The number of hydrogen-bond acceptors (Lipinski definition) is 4. The summed E-state index contributed by atoms with van der Waals surface area (Å²) in [5, 5.41) is 8.98. The van der Waals surface area contributed by atoms with Gasteiger partial charge in [-0.05, 0) is 25.0 Å². The van der Waals surface area contributed by atoms with E-state index in [1.807, 2.05) is 4.90 Å². The highest BCUT2D eigenvalue weighted by molar-refractivity contribution is 5.96. The van der Waals surface area contributed by atoms with Crippen LogP contribution < -0.4 is 0 Å². The number of ether oxygens (including phenoxy) is 1. The first-order valence-corrected chi connectivity index (χ1v) is 7.29. The Morgan fingerprint density at radius 1 is 1.33 bits per heavy atom. The minimum absolute atomic E-state index is 0.102. The van der Waals surface area contributed by atoms with E-state index in [4.69, 9.17) is 9.84 Å². The molecule has 6 heteroatoms. The van der Waals surface area contributed by atoms with Crippen LogP contribution in [-0.2, 0) is 4.74 Å². The number of hydrogen-bond donors (Lipinski definition) is 1. The van der Waals surface area contributed by atoms with Gasteiger partial charge in [0, 0.05) is 18.3 Å². The van der Waals surface area contributed by atoms with Gasteiger partial charge in [0.15, 0.2) is 0 Å². The molecule has 1 aromatic heterocycles. The second-order valence-electron chi connectivity index (χ2n) is 5.49. The number of aromatic nitrogens is 1. The molecule has 1 N–H and O–H groups in total. The molecule has 21 heavy (non-hydrogen) atoms. The molecule has 1 aliphatic carbocycles. The molecular formula is C15H18N2O4. The summed E-state index contributed by atoms with van der Waals surface area (Å²) < 4.78 is 5.76. The van der Waals surface area contributed by atoms with Crippen molar-refractivity contribution in [3.05, 3.63) is 29.6 Å². The first kappa shape index (κ1) is 14.0. The minimum Gasteiger partial charge on any atom is -0.477 e. The molecule has 3 rings (SSSR count). The summed E-state index contributed by atoms with van der Waals surface area (Å²) in [5.74, 6) is -1.25. The fourth-order valence-electron chi connectivity index (χ4n) is 3.19. The first-order chi connectivity index (χ1) is 10.2. The number of morpholine rings is 1. The van der Waals surface area contributed by atoms with Crippen LogP contribution in [0.4, 0.5) is 0 Å². The summed E-state index contributed by atoms with van der Waals surface area (Å²) in [4.78, 5) is 29.2. The lowest BCUT2D eigenvalue weighted by Gasteiger charge is -2.43. The van der Waals surface area contributed by atoms with Gasteiger partial charge >= 0.3 is 5.97 Å². The Hall–Kier alpha value is -1.95. The smallest absolute Gasteiger partial charge is 0.354 e. The molecule has 0 radical (unpaired) electrons. The Balaban J connectivity index is 1.83. The van der Waals surface area contributed by atoms with Gasteiger partial charge in [-0.2, -0.15) is 0 Å². The van der Waals surface area contributed by atoms with Gasteiger partial charge in [0.1, 0.15) is 5.69 Å². The topological polar surface area (TPSA) is 79.7 Å². The summed E-state index contributed by atoms with van der Waals surface area (Å²) in [6, 6.07) is 3.03. The number of carbonyl (C=O) groups is 2. The molecule has 1 aromatic rings. The maximum atomic E-state index is 12.7. The van der Waals surface area contributed by atoms with E-state index in [0.717, 1.165) is 25.7 Å². The zero-order chi connectivity index (χ0) is 14.8. The largest absolute Gasteiger partial charge is 0.477 e. The van der Waals surface area contributed by atoms with Gasteiger partial charge in [-0.3, -0.25) is 4.79 Å². The first-order valence-electron chi connectivity index (χ1n) is 7.29. The summed E-state index contributed by atoms with van der Waals surface area (Å²) in [7, 11) is 0. The lowest BCUT2D eigenvalue weighted by Crippen LogP contribution is -2.54. The number of carboxylic acid groups (broad SMARTS) is 1. The number of pyridine rings is 1. The monoisotopic (exact) mass is 290 g/mol. The molecule has 2 unspecified atom stereocenters. The van der Waals surface area contributed by atoms with Crippen LogP contribution in [-0.4, -0.2) is 52.2 Å². The summed E-state index contributed by atoms with van der Waals surface area (Å²) in [5.41, 5.74) is 0.280. The molecule has 0 aromatic carbocycles. The predicted molar refractivity (Wildman–Crippen MR) is 74.2 cm³/mol. The van der Waals surface area contributed by atoms with E-state index in [9.17, 15) is 9.59 Å². The fourth-order valence-corrected chi connectivity index (χ4v) is 3.19. The third-order valence-corrected chi connectivity index (χ3v) is 4.22. The molecule has 2 fully saturated rings. The van der Waals surface area contributed by atoms with Crippen LogP contribution >= 0.6 is 0 Å². The van der Waals surface area contributed by atoms with E-state index in [2.05, 4.69) is 4.98 Å². The molecule has 0 bridgehead atoms. The Labute approximate surface area is 122 Å². The standard InChI is InChI=1S/C15H18N2O4/c18-14(10-5-6-16-11(9-10)15(19)20)17-7-8-21-13-4-2-1-3-12(13)17/h5-6,9,12-13H,1-4,7-8H2,(H,19,20). The second-order valence-corrected chi connectivity index (χ2v) is 5.49. The summed E-state index contributed by atoms with van der Waals surface area (Å²) in [6.45, 7) is 1.11. The van der Waals surface area contributed by atoms with Crippen LogP contribution in [0.3, 0.4) is 0 Å². The van der Waals surface area contributed by atoms with E-state index in [1.165, 1.54) is 12.3 Å². The zero-order valence-electron chi connectivity index (χ0n) is 11.7. The van der Waals surface area contributed by atoms with Crippen LogP contribution in [0.5, 0.6) is 0 Å². The Bertz CT molecular complexity index is 558. The van der Waals surface area contributed by atoms with Crippen LogP contribution in [0.2, 0.25) is 0 Å². The minimum atomic E-state index is -1.12. The fraction of sp³-hybridized carbons (Fsp3) is 0.533. The molecule has 2 aliphatic rings. The van der Waals surface area contributed by atoms with Crippen molar-refractivity contribution >= 4 is 11.9 Å². The Kier molecular flexibility index (Phi) is 3.88. The molecule has 1 aliphatic heterocycles. The number of amides is 1. The van der Waals surface area contributed by atoms with Crippen molar-refractivity contribution in [2.75, 3.05) is 13.2 Å². The SMILES string of the molecule is O=C(O)c1cc(C(=O)N2CCOC3CCCCC32)ccn1. The lowest BCUT2D eigenvalue weighted by molar-refractivity contribution is -0.0752. The third kappa shape index (κ3) is 2.76. The van der Waals surface area contributed by atoms with Gasteiger partial charge in [-0.25, -0.2) is 9.78 Å². The van der Waals surface area contributed by atoms with Crippen molar-refractivity contribution in [1.29, 1.82) is 0 Å². The number of nitrogens with zero attached hydrogens (tertiary/aromatic N) is 2. The van der Waals surface area contributed by atoms with E-state index in [-0.39, 0.29) is 23.7 Å². The average Bonchev–Trinajstić information content (AvgIpc) is 2.53. The van der Waals surface area contributed by atoms with Crippen molar-refractivity contribution in [2.45, 2.75) is 37.8 Å². The maximum absolute atomic E-state index is 12.7. The molecule has 1 saturated heterocycles. The highest BCUT2D eigenvalue weighted by Crippen LogP contribution is 2.29. The maximum Gasteiger partial charge on any atom is 0.354 e. The zero-order valence-corrected chi connectivity index (χ0v) is 11.7. The third-order valence-electron chi connectivity index (χ3n) is 4.22. The highest BCUT2D eigenvalue weighted by atomic mass is 16.5. The van der Waals surface area contributed by atoms with Crippen molar-refractivity contribution in [2.24, 2.45) is 0 Å². The molecule has 112 valence electrons. The molecule has 2 heterocycles. The van der Waals surface area contributed by atoms with Crippen molar-refractivity contribution in [3.8, 4) is 0 Å². The van der Waals surface area contributed by atoms with Gasteiger partial charge in [-0.1, -0.05) is 12.8 Å². The van der Waals surface area contributed by atoms with E-state index in [1.54, 1.807) is 6.07 Å². The number of fused-ring (bicyclic) bond motifs is 1. The number of carboxylic acids is 1. The van der Waals surface area contributed by atoms with E-state index >= 15 is 0 Å². The van der Waals surface area contributed by atoms with Gasteiger partial charge in [0.05, 0.1) is 18.8 Å². The van der Waals surface area contributed by atoms with Crippen LogP contribution in [0.1, 0.15) is 46.5 Å². The van der Waals surface area contributed by atoms with Crippen LogP contribution in [0.25, 0.3) is 0 Å². The summed E-state index contributed by atoms with van der Waals surface area (Å²) >= 11 is 0. The van der Waals surface area contributed by atoms with Crippen molar-refractivity contribution in [3.63, 3.8) is 0 Å². The van der Waals surface area contributed by atoms with Gasteiger partial charge < -0.3 is 14.7 Å². The average molecular weight is 290 g/mol. The van der Waals surface area contributed by atoms with Gasteiger partial charge in [0.2, 0.25) is 0 Å². The van der Waals surface area contributed by atoms with Crippen molar-refractivity contribution < 1.29 is 19.4 Å². The molecule has 1 amide bonds. The molecule has 1 saturated carbocycles. The van der Waals surface area contributed by atoms with E-state index < -0.39 is 5.97 Å². The number of aromatic carboxylic acids is 1. The number of carbonyl (C=O) groups excluding carboxylic acids is 1. The Morgan fingerprint density at radius 3 is 2.95 bits per heavy atom. The van der Waals surface area contributed by atoms with Crippen molar-refractivity contribution in [1.82, 2.24) is 9.88 Å². The van der Waals surface area contributed by atoms with Crippen LogP contribution in [0.15, 0.2) is 18.3 Å². The number of rotatable bonds is 2. The van der Waals surface area contributed by atoms with E-state index in [0.29, 0.717) is 18.7 Å².